The third-order valence-electron chi connectivity index (χ3n) is 3.64. The lowest BCUT2D eigenvalue weighted by Crippen LogP contribution is -2.31. The van der Waals surface area contributed by atoms with Crippen LogP contribution in [0.1, 0.15) is 36.2 Å². The summed E-state index contributed by atoms with van der Waals surface area (Å²) in [7, 11) is -3.07. The molecule has 0 spiro atoms. The fourth-order valence-corrected chi connectivity index (χ4v) is 3.71. The summed E-state index contributed by atoms with van der Waals surface area (Å²) in [5.74, 6) is -0.321. The van der Waals surface area contributed by atoms with E-state index in [4.69, 9.17) is 5.73 Å². The molecule has 2 atom stereocenters. The number of carbonyl (C=O) groups is 1. The zero-order valence-electron chi connectivity index (χ0n) is 10.9. The van der Waals surface area contributed by atoms with Gasteiger partial charge in [-0.05, 0) is 31.4 Å². The summed E-state index contributed by atoms with van der Waals surface area (Å²) in [4.78, 5) is 16.3. The van der Waals surface area contributed by atoms with E-state index in [1.165, 1.54) is 12.5 Å². The molecule has 2 unspecified atom stereocenters. The number of aromatic nitrogens is 1. The Balaban J connectivity index is 2.13. The fraction of sp³-hybridized carbons (Fsp3) is 0.538. The number of sulfone groups is 1. The molecule has 2 N–H and O–H groups in total. The van der Waals surface area contributed by atoms with E-state index in [9.17, 15) is 13.2 Å². The highest BCUT2D eigenvalue weighted by atomic mass is 32.2. The second-order valence-corrected chi connectivity index (χ2v) is 7.48. The summed E-state index contributed by atoms with van der Waals surface area (Å²) in [6.45, 7) is 0. The minimum Gasteiger partial charge on any atom is -0.397 e. The molecule has 0 saturated heterocycles. The molecule has 0 amide bonds. The molecule has 104 valence electrons. The first-order valence-electron chi connectivity index (χ1n) is 6.32. The number of Topliss-reactive ketones (excluding diaryl/α,β-unsaturated/α-hetero) is 1. The minimum atomic E-state index is -3.07. The van der Waals surface area contributed by atoms with Crippen molar-refractivity contribution in [1.82, 2.24) is 4.98 Å². The van der Waals surface area contributed by atoms with E-state index in [0.29, 0.717) is 24.2 Å². The molecule has 1 fully saturated rings. The number of pyridine rings is 1. The number of rotatable bonds is 3. The number of nitrogens with zero attached hydrogens (tertiary/aromatic N) is 1. The van der Waals surface area contributed by atoms with Crippen LogP contribution in [0.25, 0.3) is 0 Å². The van der Waals surface area contributed by atoms with Gasteiger partial charge in [0.15, 0.2) is 5.78 Å². The average molecular weight is 282 g/mol. The van der Waals surface area contributed by atoms with Crippen molar-refractivity contribution in [1.29, 1.82) is 0 Å². The van der Waals surface area contributed by atoms with E-state index in [2.05, 4.69) is 4.98 Å². The molecule has 0 aliphatic heterocycles. The van der Waals surface area contributed by atoms with Crippen LogP contribution >= 0.6 is 0 Å². The van der Waals surface area contributed by atoms with Gasteiger partial charge < -0.3 is 5.73 Å². The minimum absolute atomic E-state index is 0.0756. The smallest absolute Gasteiger partial charge is 0.184 e. The Morgan fingerprint density at radius 1 is 1.37 bits per heavy atom. The summed E-state index contributed by atoms with van der Waals surface area (Å²) >= 11 is 0. The van der Waals surface area contributed by atoms with Crippen molar-refractivity contribution in [3.63, 3.8) is 0 Å². The van der Waals surface area contributed by atoms with E-state index in [-0.39, 0.29) is 11.7 Å². The zero-order chi connectivity index (χ0) is 14.0. The fourth-order valence-electron chi connectivity index (χ4n) is 2.53. The van der Waals surface area contributed by atoms with Gasteiger partial charge in [-0.3, -0.25) is 9.78 Å². The van der Waals surface area contributed by atoms with Crippen molar-refractivity contribution in [2.45, 2.75) is 30.9 Å². The molecule has 1 saturated carbocycles. The monoisotopic (exact) mass is 282 g/mol. The molecule has 2 rings (SSSR count). The van der Waals surface area contributed by atoms with E-state index in [1.807, 2.05) is 0 Å². The maximum atomic E-state index is 12.3. The number of nitrogens with two attached hydrogens (primary N) is 1. The topological polar surface area (TPSA) is 90.1 Å². The van der Waals surface area contributed by atoms with E-state index in [0.717, 1.165) is 12.8 Å². The lowest BCUT2D eigenvalue weighted by molar-refractivity contribution is 0.0886. The highest BCUT2D eigenvalue weighted by molar-refractivity contribution is 7.91. The van der Waals surface area contributed by atoms with Gasteiger partial charge in [0, 0.05) is 12.2 Å². The summed E-state index contributed by atoms with van der Waals surface area (Å²) in [5, 5.41) is -0.399. The Morgan fingerprint density at radius 3 is 2.68 bits per heavy atom. The van der Waals surface area contributed by atoms with Crippen molar-refractivity contribution in [3.8, 4) is 0 Å². The van der Waals surface area contributed by atoms with Crippen LogP contribution in [-0.4, -0.2) is 30.7 Å². The Morgan fingerprint density at radius 2 is 2.11 bits per heavy atom. The third-order valence-corrected chi connectivity index (χ3v) is 5.28. The van der Waals surface area contributed by atoms with Gasteiger partial charge in [0.1, 0.15) is 15.5 Å². The van der Waals surface area contributed by atoms with Gasteiger partial charge in [0.05, 0.1) is 17.1 Å². The summed E-state index contributed by atoms with van der Waals surface area (Å²) < 4.78 is 23.2. The maximum Gasteiger partial charge on any atom is 0.184 e. The van der Waals surface area contributed by atoms with Crippen LogP contribution in [0.4, 0.5) is 5.69 Å². The molecule has 5 nitrogen and oxygen atoms in total. The predicted octanol–water partition coefficient (Wildman–Crippen LogP) is 1.45. The molecule has 19 heavy (non-hydrogen) atoms. The van der Waals surface area contributed by atoms with Crippen molar-refractivity contribution in [2.75, 3.05) is 12.0 Å². The molecule has 0 bridgehead atoms. The van der Waals surface area contributed by atoms with Gasteiger partial charge >= 0.3 is 0 Å². The summed E-state index contributed by atoms with van der Waals surface area (Å²) in [6.07, 6.45) is 5.25. The molecule has 0 radical (unpaired) electrons. The average Bonchev–Trinajstić information content (AvgIpc) is 2.38. The van der Waals surface area contributed by atoms with E-state index in [1.54, 1.807) is 12.1 Å². The number of anilines is 1. The second kappa shape index (κ2) is 5.28. The zero-order valence-corrected chi connectivity index (χ0v) is 11.7. The lowest BCUT2D eigenvalue weighted by atomic mass is 9.84. The quantitative estimate of drug-likeness (QED) is 0.847. The molecule has 1 aromatic rings. The van der Waals surface area contributed by atoms with E-state index >= 15 is 0 Å². The van der Waals surface area contributed by atoms with Crippen LogP contribution in [0.2, 0.25) is 0 Å². The van der Waals surface area contributed by atoms with Crippen LogP contribution in [0.15, 0.2) is 18.3 Å². The SMILES string of the molecule is CS(=O)(=O)C1CCCC(C(=O)c2ccc(N)cn2)C1. The number of hydrogen-bond donors (Lipinski definition) is 1. The Kier molecular flexibility index (Phi) is 3.89. The molecule has 1 heterocycles. The Bertz CT molecular complexity index is 566. The second-order valence-electron chi connectivity index (χ2n) is 5.16. The van der Waals surface area contributed by atoms with Crippen LogP contribution in [-0.2, 0) is 9.84 Å². The molecule has 1 aliphatic carbocycles. The van der Waals surface area contributed by atoms with Crippen molar-refractivity contribution in [2.24, 2.45) is 5.92 Å². The number of ketones is 1. The lowest BCUT2D eigenvalue weighted by Gasteiger charge is -2.26. The molecule has 1 aliphatic rings. The highest BCUT2D eigenvalue weighted by Gasteiger charge is 2.33. The highest BCUT2D eigenvalue weighted by Crippen LogP contribution is 2.30. The molecule has 6 heteroatoms. The van der Waals surface area contributed by atoms with Crippen molar-refractivity contribution >= 4 is 21.3 Å². The van der Waals surface area contributed by atoms with Gasteiger partial charge in [0.2, 0.25) is 0 Å². The molecular weight excluding hydrogens is 264 g/mol. The Hall–Kier alpha value is -1.43. The summed E-state index contributed by atoms with van der Waals surface area (Å²) in [6, 6.07) is 3.23. The van der Waals surface area contributed by atoms with Gasteiger partial charge in [0.25, 0.3) is 0 Å². The summed E-state index contributed by atoms with van der Waals surface area (Å²) in [5.41, 5.74) is 6.41. The van der Waals surface area contributed by atoms with Crippen LogP contribution < -0.4 is 5.73 Å². The third kappa shape index (κ3) is 3.32. The van der Waals surface area contributed by atoms with Gasteiger partial charge in [-0.1, -0.05) is 6.42 Å². The first kappa shape index (κ1) is 14.0. The van der Waals surface area contributed by atoms with Gasteiger partial charge in [-0.25, -0.2) is 8.42 Å². The first-order valence-corrected chi connectivity index (χ1v) is 8.28. The van der Waals surface area contributed by atoms with Gasteiger partial charge in [-0.2, -0.15) is 0 Å². The number of hydrogen-bond acceptors (Lipinski definition) is 5. The number of carbonyl (C=O) groups excluding carboxylic acids is 1. The molecule has 1 aromatic heterocycles. The first-order chi connectivity index (χ1) is 8.88. The normalized spacial score (nSPS) is 24.1. The van der Waals surface area contributed by atoms with Crippen LogP contribution in [0, 0.1) is 5.92 Å². The molecular formula is C13H18N2O3S. The maximum absolute atomic E-state index is 12.3. The van der Waals surface area contributed by atoms with Gasteiger partial charge in [-0.15, -0.1) is 0 Å². The largest absolute Gasteiger partial charge is 0.397 e. The molecule has 0 aromatic carbocycles. The van der Waals surface area contributed by atoms with Crippen molar-refractivity contribution in [3.05, 3.63) is 24.0 Å². The van der Waals surface area contributed by atoms with Crippen LogP contribution in [0.5, 0.6) is 0 Å². The van der Waals surface area contributed by atoms with E-state index < -0.39 is 15.1 Å². The number of nitrogen functional groups attached to an aromatic ring is 1. The standard InChI is InChI=1S/C13H18N2O3S/c1-19(17,18)11-4-2-3-9(7-11)13(16)12-6-5-10(14)8-15-12/h5-6,8-9,11H,2-4,7,14H2,1H3. The Labute approximate surface area is 113 Å². The predicted molar refractivity (Wildman–Crippen MR) is 73.6 cm³/mol. The van der Waals surface area contributed by atoms with Crippen molar-refractivity contribution < 1.29 is 13.2 Å². The van der Waals surface area contributed by atoms with Crippen LogP contribution in [0.3, 0.4) is 0 Å².